The Morgan fingerprint density at radius 3 is 2.03 bits per heavy atom. The van der Waals surface area contributed by atoms with Gasteiger partial charge >= 0.3 is 0 Å². The van der Waals surface area contributed by atoms with Crippen LogP contribution in [0.2, 0.25) is 0 Å². The van der Waals surface area contributed by atoms with Crippen LogP contribution in [-0.4, -0.2) is 56.8 Å². The second-order valence-electron chi connectivity index (χ2n) is 7.63. The molecule has 0 aromatic heterocycles. The number of nitrogens with zero attached hydrogens (tertiary/aromatic N) is 2. The highest BCUT2D eigenvalue weighted by Gasteiger charge is 2.27. The van der Waals surface area contributed by atoms with E-state index in [0.29, 0.717) is 43.2 Å². The molecule has 1 N–H and O–H groups in total. The number of nitrogens with one attached hydrogen (secondary N) is 1. The lowest BCUT2D eigenvalue weighted by Gasteiger charge is -2.31. The highest BCUT2D eigenvalue weighted by molar-refractivity contribution is 7.89. The molecular weight excluding hydrogens is 426 g/mol. The SMILES string of the molecule is CN1CCN(S(=O)(=O)c2ccc(NC(=O)c3ccc(Oc4ccccc4)cc3)cc2)CC1. The Balaban J connectivity index is 1.38. The van der Waals surface area contributed by atoms with Crippen LogP contribution >= 0.6 is 0 Å². The predicted molar refractivity (Wildman–Crippen MR) is 124 cm³/mol. The second-order valence-corrected chi connectivity index (χ2v) is 9.56. The highest BCUT2D eigenvalue weighted by atomic mass is 32.2. The van der Waals surface area contributed by atoms with E-state index < -0.39 is 10.0 Å². The van der Waals surface area contributed by atoms with Crippen LogP contribution in [0.25, 0.3) is 0 Å². The maximum Gasteiger partial charge on any atom is 0.255 e. The third-order valence-corrected chi connectivity index (χ3v) is 7.22. The Kier molecular flexibility index (Phi) is 6.55. The third-order valence-electron chi connectivity index (χ3n) is 5.31. The van der Waals surface area contributed by atoms with E-state index in [0.717, 1.165) is 5.75 Å². The van der Waals surface area contributed by atoms with Crippen LogP contribution in [0.5, 0.6) is 11.5 Å². The number of likely N-dealkylation sites (N-methyl/N-ethyl adjacent to an activating group) is 1. The van der Waals surface area contributed by atoms with Gasteiger partial charge in [0, 0.05) is 37.4 Å². The van der Waals surface area contributed by atoms with Gasteiger partial charge in [-0.2, -0.15) is 4.31 Å². The van der Waals surface area contributed by atoms with Crippen molar-refractivity contribution in [1.29, 1.82) is 0 Å². The van der Waals surface area contributed by atoms with Gasteiger partial charge in [0.2, 0.25) is 10.0 Å². The molecule has 3 aromatic carbocycles. The first-order valence-electron chi connectivity index (χ1n) is 10.3. The predicted octanol–water partition coefficient (Wildman–Crippen LogP) is 3.67. The Labute approximate surface area is 188 Å². The molecule has 0 bridgehead atoms. The van der Waals surface area contributed by atoms with E-state index in [4.69, 9.17) is 4.74 Å². The van der Waals surface area contributed by atoms with Crippen LogP contribution < -0.4 is 10.1 Å². The normalized spacial score (nSPS) is 15.3. The summed E-state index contributed by atoms with van der Waals surface area (Å²) >= 11 is 0. The van der Waals surface area contributed by atoms with Gasteiger partial charge in [0.15, 0.2) is 0 Å². The monoisotopic (exact) mass is 451 g/mol. The van der Waals surface area contributed by atoms with Gasteiger partial charge in [-0.05, 0) is 67.7 Å². The minimum absolute atomic E-state index is 0.225. The highest BCUT2D eigenvalue weighted by Crippen LogP contribution is 2.23. The largest absolute Gasteiger partial charge is 0.457 e. The van der Waals surface area contributed by atoms with Crippen LogP contribution in [0.4, 0.5) is 5.69 Å². The lowest BCUT2D eigenvalue weighted by Crippen LogP contribution is -2.46. The Bertz CT molecular complexity index is 1160. The summed E-state index contributed by atoms with van der Waals surface area (Å²) in [5, 5.41) is 2.80. The third kappa shape index (κ3) is 5.16. The Morgan fingerprint density at radius 1 is 0.812 bits per heavy atom. The summed E-state index contributed by atoms with van der Waals surface area (Å²) in [5.41, 5.74) is 0.997. The standard InChI is InChI=1S/C24H25N3O4S/c1-26-15-17-27(18-16-26)32(29,30)23-13-9-20(10-14-23)25-24(28)19-7-11-22(12-8-19)31-21-5-3-2-4-6-21/h2-14H,15-18H2,1H3,(H,25,28). The quantitative estimate of drug-likeness (QED) is 0.619. The molecule has 32 heavy (non-hydrogen) atoms. The molecule has 0 atom stereocenters. The van der Waals surface area contributed by atoms with Crippen LogP contribution in [0, 0.1) is 0 Å². The summed E-state index contributed by atoms with van der Waals surface area (Å²) < 4.78 is 32.9. The molecule has 3 aromatic rings. The van der Waals surface area contributed by atoms with E-state index in [9.17, 15) is 13.2 Å². The zero-order chi connectivity index (χ0) is 22.6. The van der Waals surface area contributed by atoms with Crippen molar-refractivity contribution < 1.29 is 17.9 Å². The van der Waals surface area contributed by atoms with Crippen molar-refractivity contribution in [3.05, 3.63) is 84.4 Å². The molecule has 1 heterocycles. The molecule has 0 unspecified atom stereocenters. The van der Waals surface area contributed by atoms with Crippen molar-refractivity contribution in [3.8, 4) is 11.5 Å². The topological polar surface area (TPSA) is 79.0 Å². The summed E-state index contributed by atoms with van der Waals surface area (Å²) in [6.45, 7) is 2.37. The first kappa shape index (κ1) is 22.0. The van der Waals surface area contributed by atoms with Gasteiger partial charge in [0.1, 0.15) is 11.5 Å². The zero-order valence-electron chi connectivity index (χ0n) is 17.8. The van der Waals surface area contributed by atoms with Gasteiger partial charge in [-0.25, -0.2) is 8.42 Å². The maximum absolute atomic E-state index is 12.8. The average Bonchev–Trinajstić information content (AvgIpc) is 2.81. The van der Waals surface area contributed by atoms with Crippen molar-refractivity contribution in [2.75, 3.05) is 38.5 Å². The number of anilines is 1. The molecule has 0 aliphatic carbocycles. The number of benzene rings is 3. The molecule has 1 amide bonds. The molecule has 1 fully saturated rings. The van der Waals surface area contributed by atoms with Crippen molar-refractivity contribution in [2.45, 2.75) is 4.90 Å². The zero-order valence-corrected chi connectivity index (χ0v) is 18.6. The number of para-hydroxylation sites is 1. The number of ether oxygens (including phenoxy) is 1. The number of piperazine rings is 1. The minimum Gasteiger partial charge on any atom is -0.457 e. The van der Waals surface area contributed by atoms with Crippen LogP contribution in [0.1, 0.15) is 10.4 Å². The molecule has 1 aliphatic heterocycles. The molecular formula is C24H25N3O4S. The smallest absolute Gasteiger partial charge is 0.255 e. The van der Waals surface area contributed by atoms with Crippen LogP contribution in [-0.2, 0) is 10.0 Å². The van der Waals surface area contributed by atoms with Gasteiger partial charge in [0.05, 0.1) is 4.90 Å². The van der Waals surface area contributed by atoms with E-state index in [1.54, 1.807) is 36.4 Å². The number of sulfonamides is 1. The second kappa shape index (κ2) is 9.52. The van der Waals surface area contributed by atoms with Crippen molar-refractivity contribution in [2.24, 2.45) is 0 Å². The van der Waals surface area contributed by atoms with Gasteiger partial charge in [0.25, 0.3) is 5.91 Å². The molecule has 166 valence electrons. The van der Waals surface area contributed by atoms with Crippen molar-refractivity contribution >= 4 is 21.6 Å². The minimum atomic E-state index is -3.53. The lowest BCUT2D eigenvalue weighted by atomic mass is 10.2. The van der Waals surface area contributed by atoms with Gasteiger partial charge in [-0.15, -0.1) is 0 Å². The molecule has 7 nitrogen and oxygen atoms in total. The maximum atomic E-state index is 12.8. The van der Waals surface area contributed by atoms with E-state index in [-0.39, 0.29) is 10.8 Å². The summed E-state index contributed by atoms with van der Waals surface area (Å²) in [6, 6.07) is 22.5. The average molecular weight is 452 g/mol. The van der Waals surface area contributed by atoms with Crippen LogP contribution in [0.3, 0.4) is 0 Å². The summed E-state index contributed by atoms with van der Waals surface area (Å²) in [5.74, 6) is 1.06. The summed E-state index contributed by atoms with van der Waals surface area (Å²) in [4.78, 5) is 14.9. The summed E-state index contributed by atoms with van der Waals surface area (Å²) in [7, 11) is -1.56. The number of carbonyl (C=O) groups is 1. The lowest BCUT2D eigenvalue weighted by molar-refractivity contribution is 0.102. The van der Waals surface area contributed by atoms with Crippen molar-refractivity contribution in [1.82, 2.24) is 9.21 Å². The summed E-state index contributed by atoms with van der Waals surface area (Å²) in [6.07, 6.45) is 0. The number of amides is 1. The molecule has 0 radical (unpaired) electrons. The fourth-order valence-electron chi connectivity index (χ4n) is 3.39. The number of hydrogen-bond donors (Lipinski definition) is 1. The fraction of sp³-hybridized carbons (Fsp3) is 0.208. The molecule has 0 spiro atoms. The first-order chi connectivity index (χ1) is 15.4. The number of rotatable bonds is 6. The van der Waals surface area contributed by atoms with Gasteiger partial charge in [-0.1, -0.05) is 18.2 Å². The fourth-order valence-corrected chi connectivity index (χ4v) is 4.81. The van der Waals surface area contributed by atoms with E-state index >= 15 is 0 Å². The first-order valence-corrected chi connectivity index (χ1v) is 11.8. The molecule has 1 saturated heterocycles. The van der Waals surface area contributed by atoms with E-state index in [1.165, 1.54) is 16.4 Å². The Hall–Kier alpha value is -3.20. The van der Waals surface area contributed by atoms with E-state index in [1.807, 2.05) is 37.4 Å². The Morgan fingerprint density at radius 2 is 1.41 bits per heavy atom. The number of carbonyl (C=O) groups excluding carboxylic acids is 1. The van der Waals surface area contributed by atoms with Crippen LogP contribution in [0.15, 0.2) is 83.8 Å². The van der Waals surface area contributed by atoms with Gasteiger partial charge in [-0.3, -0.25) is 4.79 Å². The van der Waals surface area contributed by atoms with E-state index in [2.05, 4.69) is 10.2 Å². The molecule has 4 rings (SSSR count). The molecule has 1 aliphatic rings. The number of hydrogen-bond acceptors (Lipinski definition) is 5. The van der Waals surface area contributed by atoms with Crippen molar-refractivity contribution in [3.63, 3.8) is 0 Å². The molecule has 8 heteroatoms. The molecule has 0 saturated carbocycles. The van der Waals surface area contributed by atoms with Gasteiger partial charge < -0.3 is 15.0 Å².